The molecule has 0 aromatic heterocycles. The van der Waals surface area contributed by atoms with Gasteiger partial charge in [-0.3, -0.25) is 0 Å². The van der Waals surface area contributed by atoms with Crippen molar-refractivity contribution in [2.45, 2.75) is 37.4 Å². The molecule has 1 aromatic carbocycles. The lowest BCUT2D eigenvalue weighted by molar-refractivity contribution is -0.137. The highest BCUT2D eigenvalue weighted by Gasteiger charge is 2.30. The Morgan fingerprint density at radius 1 is 1.16 bits per heavy atom. The second-order valence-corrected chi connectivity index (χ2v) is 5.59. The standard InChI is InChI=1S/C14H17ClF3N/c15-13-3-1-2-11(13)9-19-8-10-4-6-12(7-5-10)14(16,17)18/h4-7,11,13,19H,1-3,8-9H2. The van der Waals surface area contributed by atoms with Crippen molar-refractivity contribution in [3.05, 3.63) is 35.4 Å². The normalized spacial score (nSPS) is 23.8. The van der Waals surface area contributed by atoms with Gasteiger partial charge in [-0.1, -0.05) is 18.6 Å². The van der Waals surface area contributed by atoms with Crippen LogP contribution in [0.5, 0.6) is 0 Å². The molecule has 1 N–H and O–H groups in total. The van der Waals surface area contributed by atoms with E-state index in [0.717, 1.165) is 37.1 Å². The fraction of sp³-hybridized carbons (Fsp3) is 0.571. The molecule has 1 aliphatic carbocycles. The van der Waals surface area contributed by atoms with E-state index in [1.54, 1.807) is 0 Å². The van der Waals surface area contributed by atoms with Crippen LogP contribution >= 0.6 is 11.6 Å². The first-order valence-corrected chi connectivity index (χ1v) is 6.91. The van der Waals surface area contributed by atoms with Gasteiger partial charge in [0.2, 0.25) is 0 Å². The molecule has 19 heavy (non-hydrogen) atoms. The molecule has 1 saturated carbocycles. The monoisotopic (exact) mass is 291 g/mol. The number of rotatable bonds is 4. The van der Waals surface area contributed by atoms with Crippen LogP contribution in [0, 0.1) is 5.92 Å². The van der Waals surface area contributed by atoms with E-state index in [9.17, 15) is 13.2 Å². The summed E-state index contributed by atoms with van der Waals surface area (Å²) >= 11 is 6.17. The highest BCUT2D eigenvalue weighted by molar-refractivity contribution is 6.20. The molecule has 0 saturated heterocycles. The molecule has 0 aliphatic heterocycles. The third kappa shape index (κ3) is 4.11. The van der Waals surface area contributed by atoms with E-state index >= 15 is 0 Å². The van der Waals surface area contributed by atoms with Gasteiger partial charge >= 0.3 is 6.18 Å². The lowest BCUT2D eigenvalue weighted by Gasteiger charge is -2.14. The van der Waals surface area contributed by atoms with Gasteiger partial charge in [-0.05, 0) is 43.0 Å². The van der Waals surface area contributed by atoms with Crippen molar-refractivity contribution >= 4 is 11.6 Å². The molecule has 0 radical (unpaired) electrons. The highest BCUT2D eigenvalue weighted by atomic mass is 35.5. The summed E-state index contributed by atoms with van der Waals surface area (Å²) in [5.74, 6) is 0.483. The summed E-state index contributed by atoms with van der Waals surface area (Å²) in [4.78, 5) is 0. The molecule has 0 spiro atoms. The number of hydrogen-bond donors (Lipinski definition) is 1. The molecule has 0 amide bonds. The van der Waals surface area contributed by atoms with Crippen LogP contribution in [0.2, 0.25) is 0 Å². The fourth-order valence-corrected chi connectivity index (χ4v) is 2.80. The zero-order valence-corrected chi connectivity index (χ0v) is 11.3. The molecular weight excluding hydrogens is 275 g/mol. The summed E-state index contributed by atoms with van der Waals surface area (Å²) in [7, 11) is 0. The zero-order valence-electron chi connectivity index (χ0n) is 10.5. The molecule has 1 aliphatic rings. The van der Waals surface area contributed by atoms with Crippen molar-refractivity contribution in [2.24, 2.45) is 5.92 Å². The van der Waals surface area contributed by atoms with Crippen molar-refractivity contribution in [3.8, 4) is 0 Å². The number of hydrogen-bond acceptors (Lipinski definition) is 1. The molecule has 1 fully saturated rings. The van der Waals surface area contributed by atoms with Gasteiger partial charge in [-0.2, -0.15) is 13.2 Å². The minimum atomic E-state index is -4.26. The summed E-state index contributed by atoms with van der Waals surface area (Å²) < 4.78 is 37.2. The Balaban J connectivity index is 1.80. The predicted octanol–water partition coefficient (Wildman–Crippen LogP) is 4.20. The van der Waals surface area contributed by atoms with Crippen molar-refractivity contribution in [1.29, 1.82) is 0 Å². The second-order valence-electron chi connectivity index (χ2n) is 5.03. The van der Waals surface area contributed by atoms with Gasteiger partial charge in [0.15, 0.2) is 0 Å². The molecule has 0 heterocycles. The summed E-state index contributed by atoms with van der Waals surface area (Å²) in [6, 6.07) is 5.28. The maximum atomic E-state index is 12.4. The number of halogens is 4. The van der Waals surface area contributed by atoms with Gasteiger partial charge in [0, 0.05) is 11.9 Å². The third-order valence-corrected chi connectivity index (χ3v) is 4.16. The molecule has 0 bridgehead atoms. The molecule has 2 rings (SSSR count). The molecule has 5 heteroatoms. The fourth-order valence-electron chi connectivity index (χ4n) is 2.44. The van der Waals surface area contributed by atoms with E-state index in [1.165, 1.54) is 18.6 Å². The Morgan fingerprint density at radius 2 is 1.84 bits per heavy atom. The van der Waals surface area contributed by atoms with Crippen LogP contribution in [0.4, 0.5) is 13.2 Å². The maximum absolute atomic E-state index is 12.4. The Kier molecular flexibility index (Phi) is 4.74. The summed E-state index contributed by atoms with van der Waals surface area (Å²) in [6.45, 7) is 1.41. The first kappa shape index (κ1) is 14.7. The van der Waals surface area contributed by atoms with Crippen molar-refractivity contribution in [1.82, 2.24) is 5.32 Å². The Bertz CT molecular complexity index is 402. The van der Waals surface area contributed by atoms with Gasteiger partial charge < -0.3 is 5.32 Å². The molecule has 2 atom stereocenters. The average molecular weight is 292 g/mol. The largest absolute Gasteiger partial charge is 0.416 e. The number of nitrogens with one attached hydrogen (secondary N) is 1. The molecule has 2 unspecified atom stereocenters. The minimum Gasteiger partial charge on any atom is -0.312 e. The van der Waals surface area contributed by atoms with E-state index in [4.69, 9.17) is 11.6 Å². The van der Waals surface area contributed by atoms with Gasteiger partial charge in [-0.15, -0.1) is 11.6 Å². The molecule has 1 nitrogen and oxygen atoms in total. The first-order chi connectivity index (χ1) is 8.97. The van der Waals surface area contributed by atoms with Crippen LogP contribution < -0.4 is 5.32 Å². The van der Waals surface area contributed by atoms with Crippen molar-refractivity contribution in [3.63, 3.8) is 0 Å². The van der Waals surface area contributed by atoms with E-state index in [-0.39, 0.29) is 5.38 Å². The van der Waals surface area contributed by atoms with Crippen LogP contribution in [0.25, 0.3) is 0 Å². The second kappa shape index (κ2) is 6.14. The van der Waals surface area contributed by atoms with Crippen LogP contribution in [0.3, 0.4) is 0 Å². The Morgan fingerprint density at radius 3 is 2.37 bits per heavy atom. The summed E-state index contributed by atoms with van der Waals surface area (Å²) in [5, 5.41) is 3.50. The van der Waals surface area contributed by atoms with E-state index < -0.39 is 11.7 Å². The predicted molar refractivity (Wildman–Crippen MR) is 70.1 cm³/mol. The molecule has 106 valence electrons. The SMILES string of the molecule is FC(F)(F)c1ccc(CNCC2CCCC2Cl)cc1. The van der Waals surface area contributed by atoms with Gasteiger partial charge in [0.1, 0.15) is 0 Å². The number of benzene rings is 1. The first-order valence-electron chi connectivity index (χ1n) is 6.48. The maximum Gasteiger partial charge on any atom is 0.416 e. The van der Waals surface area contributed by atoms with Crippen molar-refractivity contribution < 1.29 is 13.2 Å². The lowest BCUT2D eigenvalue weighted by Crippen LogP contribution is -2.25. The van der Waals surface area contributed by atoms with Crippen LogP contribution in [0.15, 0.2) is 24.3 Å². The molecule has 1 aromatic rings. The van der Waals surface area contributed by atoms with Gasteiger partial charge in [0.05, 0.1) is 5.56 Å². The van der Waals surface area contributed by atoms with Crippen LogP contribution in [-0.4, -0.2) is 11.9 Å². The van der Waals surface area contributed by atoms with Crippen LogP contribution in [-0.2, 0) is 12.7 Å². The lowest BCUT2D eigenvalue weighted by atomic mass is 10.1. The number of alkyl halides is 4. The Labute approximate surface area is 116 Å². The van der Waals surface area contributed by atoms with E-state index in [0.29, 0.717) is 12.5 Å². The van der Waals surface area contributed by atoms with E-state index in [2.05, 4.69) is 5.32 Å². The molecular formula is C14H17ClF3N. The average Bonchev–Trinajstić information content (AvgIpc) is 2.75. The van der Waals surface area contributed by atoms with Crippen molar-refractivity contribution in [2.75, 3.05) is 6.54 Å². The van der Waals surface area contributed by atoms with E-state index in [1.807, 2.05) is 0 Å². The summed E-state index contributed by atoms with van der Waals surface area (Å²) in [6.07, 6.45) is -0.898. The van der Waals surface area contributed by atoms with Gasteiger partial charge in [-0.25, -0.2) is 0 Å². The Hall–Kier alpha value is -0.740. The summed E-state index contributed by atoms with van der Waals surface area (Å²) in [5.41, 5.74) is 0.255. The van der Waals surface area contributed by atoms with Gasteiger partial charge in [0.25, 0.3) is 0 Å². The highest BCUT2D eigenvalue weighted by Crippen LogP contribution is 2.30. The zero-order chi connectivity index (χ0) is 13.9. The third-order valence-electron chi connectivity index (χ3n) is 3.58. The quantitative estimate of drug-likeness (QED) is 0.820. The smallest absolute Gasteiger partial charge is 0.312 e. The topological polar surface area (TPSA) is 12.0 Å². The minimum absolute atomic E-state index is 0.236. The van der Waals surface area contributed by atoms with Crippen LogP contribution in [0.1, 0.15) is 30.4 Å².